The summed E-state index contributed by atoms with van der Waals surface area (Å²) in [4.78, 5) is 11.9. The second-order valence-electron chi connectivity index (χ2n) is 4.46. The number of nitrogens with one attached hydrogen (secondary N) is 1. The Balaban J connectivity index is 2.02. The lowest BCUT2D eigenvalue weighted by Crippen LogP contribution is -2.31. The van der Waals surface area contributed by atoms with Gasteiger partial charge in [0.2, 0.25) is 5.67 Å². The Labute approximate surface area is 104 Å². The van der Waals surface area contributed by atoms with Gasteiger partial charge in [-0.05, 0) is 11.6 Å². The number of alkyl halides is 1. The Hall–Kier alpha value is -2.16. The summed E-state index contributed by atoms with van der Waals surface area (Å²) in [5, 5.41) is 2.59. The fraction of sp³-hybridized carbons (Fsp3) is 0.133. The molecule has 2 aromatic rings. The number of hydrogen-bond donors (Lipinski definition) is 1. The maximum atomic E-state index is 15.0. The summed E-state index contributed by atoms with van der Waals surface area (Å²) in [6, 6.07) is 16.1. The molecule has 0 radical (unpaired) electrons. The average Bonchev–Trinajstić information content (AvgIpc) is 2.63. The molecule has 1 aliphatic rings. The molecule has 0 aromatic heterocycles. The molecule has 1 amide bonds. The summed E-state index contributed by atoms with van der Waals surface area (Å²) in [6.07, 6.45) is 0.0662. The Bertz CT molecular complexity index is 596. The zero-order chi connectivity index (χ0) is 12.6. The lowest BCUT2D eigenvalue weighted by molar-refractivity contribution is -0.126. The van der Waals surface area contributed by atoms with Gasteiger partial charge in [0, 0.05) is 17.7 Å². The van der Waals surface area contributed by atoms with Crippen LogP contribution in [0.15, 0.2) is 54.6 Å². The molecule has 0 spiro atoms. The fourth-order valence-electron chi connectivity index (χ4n) is 2.33. The zero-order valence-corrected chi connectivity index (χ0v) is 9.69. The molecule has 1 atom stereocenters. The fourth-order valence-corrected chi connectivity index (χ4v) is 2.33. The van der Waals surface area contributed by atoms with Crippen LogP contribution in [0, 0.1) is 0 Å². The predicted octanol–water partition coefficient (Wildman–Crippen LogP) is 3.05. The van der Waals surface area contributed by atoms with Crippen molar-refractivity contribution < 1.29 is 9.18 Å². The van der Waals surface area contributed by atoms with Crippen molar-refractivity contribution in [2.24, 2.45) is 0 Å². The molecule has 1 N–H and O–H groups in total. The van der Waals surface area contributed by atoms with Crippen LogP contribution < -0.4 is 5.32 Å². The molecule has 3 heteroatoms. The number of para-hydroxylation sites is 1. The van der Waals surface area contributed by atoms with Gasteiger partial charge in [-0.1, -0.05) is 48.5 Å². The number of halogens is 1. The summed E-state index contributed by atoms with van der Waals surface area (Å²) in [7, 11) is 0. The third kappa shape index (κ3) is 1.59. The van der Waals surface area contributed by atoms with Gasteiger partial charge in [-0.2, -0.15) is 0 Å². The second-order valence-corrected chi connectivity index (χ2v) is 4.46. The Kier molecular flexibility index (Phi) is 2.40. The third-order valence-corrected chi connectivity index (χ3v) is 3.25. The molecule has 0 saturated carbocycles. The van der Waals surface area contributed by atoms with E-state index in [9.17, 15) is 9.18 Å². The van der Waals surface area contributed by atoms with Crippen molar-refractivity contribution in [2.75, 3.05) is 5.32 Å². The first-order chi connectivity index (χ1) is 8.70. The van der Waals surface area contributed by atoms with Crippen LogP contribution in [-0.2, 0) is 16.9 Å². The minimum atomic E-state index is -1.96. The number of benzene rings is 2. The number of carbonyl (C=O) groups is 1. The molecule has 0 fully saturated rings. The van der Waals surface area contributed by atoms with Gasteiger partial charge < -0.3 is 5.32 Å². The van der Waals surface area contributed by atoms with Gasteiger partial charge in [0.05, 0.1) is 0 Å². The van der Waals surface area contributed by atoms with Crippen molar-refractivity contribution in [1.82, 2.24) is 0 Å². The highest BCUT2D eigenvalue weighted by Gasteiger charge is 2.47. The van der Waals surface area contributed by atoms with Crippen LogP contribution >= 0.6 is 0 Å². The van der Waals surface area contributed by atoms with E-state index in [1.165, 1.54) is 0 Å². The molecule has 3 rings (SSSR count). The lowest BCUT2D eigenvalue weighted by atomic mass is 9.90. The van der Waals surface area contributed by atoms with Crippen LogP contribution in [0.5, 0.6) is 0 Å². The van der Waals surface area contributed by atoms with Gasteiger partial charge in [-0.3, -0.25) is 4.79 Å². The van der Waals surface area contributed by atoms with Gasteiger partial charge in [-0.15, -0.1) is 0 Å². The van der Waals surface area contributed by atoms with E-state index in [2.05, 4.69) is 5.32 Å². The minimum absolute atomic E-state index is 0.0662. The Morgan fingerprint density at radius 1 is 1.00 bits per heavy atom. The molecule has 1 aliphatic heterocycles. The predicted molar refractivity (Wildman–Crippen MR) is 68.0 cm³/mol. The van der Waals surface area contributed by atoms with Crippen molar-refractivity contribution in [2.45, 2.75) is 12.1 Å². The second kappa shape index (κ2) is 3.95. The number of hydrogen-bond acceptors (Lipinski definition) is 1. The number of amides is 1. The van der Waals surface area contributed by atoms with Crippen LogP contribution in [0.25, 0.3) is 0 Å². The molecule has 0 bridgehead atoms. The highest BCUT2D eigenvalue weighted by atomic mass is 19.1. The van der Waals surface area contributed by atoms with E-state index in [0.29, 0.717) is 11.3 Å². The summed E-state index contributed by atoms with van der Waals surface area (Å²) < 4.78 is 15.0. The monoisotopic (exact) mass is 241 g/mol. The Morgan fingerprint density at radius 2 is 1.67 bits per heavy atom. The van der Waals surface area contributed by atoms with Crippen LogP contribution in [0.4, 0.5) is 10.1 Å². The van der Waals surface area contributed by atoms with Crippen LogP contribution in [0.3, 0.4) is 0 Å². The first kappa shape index (κ1) is 11.0. The molecule has 1 heterocycles. The number of carbonyl (C=O) groups excluding carboxylic acids is 1. The average molecular weight is 241 g/mol. The number of anilines is 1. The van der Waals surface area contributed by atoms with Crippen molar-refractivity contribution in [3.8, 4) is 0 Å². The Morgan fingerprint density at radius 3 is 2.44 bits per heavy atom. The highest BCUT2D eigenvalue weighted by molar-refractivity contribution is 6.05. The minimum Gasteiger partial charge on any atom is -0.323 e. The number of fused-ring (bicyclic) bond motifs is 1. The summed E-state index contributed by atoms with van der Waals surface area (Å²) >= 11 is 0. The third-order valence-electron chi connectivity index (χ3n) is 3.25. The quantitative estimate of drug-likeness (QED) is 0.860. The zero-order valence-electron chi connectivity index (χ0n) is 9.69. The van der Waals surface area contributed by atoms with E-state index >= 15 is 0 Å². The highest BCUT2D eigenvalue weighted by Crippen LogP contribution is 2.41. The maximum absolute atomic E-state index is 15.0. The normalized spacial score (nSPS) is 21.5. The van der Waals surface area contributed by atoms with Crippen molar-refractivity contribution >= 4 is 11.6 Å². The molecule has 1 unspecified atom stereocenters. The van der Waals surface area contributed by atoms with E-state index in [4.69, 9.17) is 0 Å². The molecule has 2 aromatic carbocycles. The smallest absolute Gasteiger partial charge is 0.267 e. The van der Waals surface area contributed by atoms with E-state index < -0.39 is 11.6 Å². The molecular formula is C15H12FNO. The van der Waals surface area contributed by atoms with Crippen LogP contribution in [-0.4, -0.2) is 5.91 Å². The van der Waals surface area contributed by atoms with E-state index in [0.717, 1.165) is 5.56 Å². The van der Waals surface area contributed by atoms with E-state index in [1.807, 2.05) is 30.3 Å². The van der Waals surface area contributed by atoms with Gasteiger partial charge in [-0.25, -0.2) is 4.39 Å². The summed E-state index contributed by atoms with van der Waals surface area (Å²) in [5.74, 6) is -0.576. The molecule has 0 saturated heterocycles. The number of rotatable bonds is 2. The van der Waals surface area contributed by atoms with E-state index in [-0.39, 0.29) is 6.42 Å². The van der Waals surface area contributed by atoms with Gasteiger partial charge in [0.25, 0.3) is 5.91 Å². The topological polar surface area (TPSA) is 29.1 Å². The molecule has 0 aliphatic carbocycles. The van der Waals surface area contributed by atoms with Crippen LogP contribution in [0.2, 0.25) is 0 Å². The maximum Gasteiger partial charge on any atom is 0.267 e. The van der Waals surface area contributed by atoms with Crippen LogP contribution in [0.1, 0.15) is 11.1 Å². The van der Waals surface area contributed by atoms with E-state index in [1.54, 1.807) is 24.3 Å². The SMILES string of the molecule is O=C1Nc2ccccc2C1(F)Cc1ccccc1. The van der Waals surface area contributed by atoms with Gasteiger partial charge in [0.15, 0.2) is 0 Å². The molecule has 18 heavy (non-hydrogen) atoms. The van der Waals surface area contributed by atoms with Gasteiger partial charge in [0.1, 0.15) is 0 Å². The van der Waals surface area contributed by atoms with Crippen molar-refractivity contribution in [3.05, 3.63) is 65.7 Å². The summed E-state index contributed by atoms with van der Waals surface area (Å²) in [5.41, 5.74) is -0.149. The van der Waals surface area contributed by atoms with Crippen molar-refractivity contribution in [1.29, 1.82) is 0 Å². The first-order valence-corrected chi connectivity index (χ1v) is 5.84. The molecule has 2 nitrogen and oxygen atoms in total. The largest absolute Gasteiger partial charge is 0.323 e. The molecule has 90 valence electrons. The summed E-state index contributed by atoms with van der Waals surface area (Å²) in [6.45, 7) is 0. The molecular weight excluding hydrogens is 229 g/mol. The van der Waals surface area contributed by atoms with Crippen molar-refractivity contribution in [3.63, 3.8) is 0 Å². The van der Waals surface area contributed by atoms with Gasteiger partial charge >= 0.3 is 0 Å². The standard InChI is InChI=1S/C15H12FNO/c16-15(10-11-6-2-1-3-7-11)12-8-4-5-9-13(12)17-14(15)18/h1-9H,10H2,(H,17,18). The first-order valence-electron chi connectivity index (χ1n) is 5.84. The lowest BCUT2D eigenvalue weighted by Gasteiger charge is -2.17.